The summed E-state index contributed by atoms with van der Waals surface area (Å²) in [5, 5.41) is 12.8. The van der Waals surface area contributed by atoms with Gasteiger partial charge in [0.2, 0.25) is 0 Å². The van der Waals surface area contributed by atoms with E-state index >= 15 is 0 Å². The van der Waals surface area contributed by atoms with Crippen LogP contribution >= 0.6 is 0 Å². The maximum atomic E-state index is 9.03. The minimum absolute atomic E-state index is 0.0245. The molecule has 0 radical (unpaired) electrons. The average molecular weight is 263 g/mol. The average Bonchev–Trinajstić information content (AvgIpc) is 2.85. The monoisotopic (exact) mass is 263 g/mol. The Hall–Kier alpha value is -1.92. The largest absolute Gasteiger partial charge is 0.484 e. The Morgan fingerprint density at radius 3 is 2.84 bits per heavy atom. The van der Waals surface area contributed by atoms with Crippen molar-refractivity contribution in [3.63, 3.8) is 0 Å². The lowest BCUT2D eigenvalue weighted by Crippen LogP contribution is -2.30. The van der Waals surface area contributed by atoms with Crippen molar-refractivity contribution in [2.45, 2.75) is 32.6 Å². The summed E-state index contributed by atoms with van der Waals surface area (Å²) in [6, 6.07) is 7.17. The number of rotatable bonds is 5. The highest BCUT2D eigenvalue weighted by molar-refractivity contribution is 5.27. The van der Waals surface area contributed by atoms with Crippen molar-refractivity contribution >= 4 is 0 Å². The first kappa shape index (κ1) is 13.5. The van der Waals surface area contributed by atoms with Crippen LogP contribution in [-0.4, -0.2) is 15.2 Å². The Bertz CT molecular complexity index is 546. The Kier molecular flexibility index (Phi) is 3.82. The molecule has 0 unspecified atom stereocenters. The van der Waals surface area contributed by atoms with Crippen molar-refractivity contribution in [3.8, 4) is 5.75 Å². The van der Waals surface area contributed by atoms with Gasteiger partial charge in [-0.15, -0.1) is 0 Å². The number of ether oxygens (including phenoxy) is 1. The van der Waals surface area contributed by atoms with E-state index in [4.69, 9.17) is 20.1 Å². The molecule has 0 aliphatic carbocycles. The minimum Gasteiger partial charge on any atom is -0.484 e. The first-order valence-electron chi connectivity index (χ1n) is 5.93. The number of aromatic nitrogens is 2. The van der Waals surface area contributed by atoms with Crippen LogP contribution in [0.4, 0.5) is 0 Å². The van der Waals surface area contributed by atoms with Crippen LogP contribution in [0.15, 0.2) is 28.8 Å². The van der Waals surface area contributed by atoms with Crippen LogP contribution in [0.5, 0.6) is 5.75 Å². The van der Waals surface area contributed by atoms with Crippen molar-refractivity contribution in [2.24, 2.45) is 5.73 Å². The molecule has 6 nitrogen and oxygen atoms in total. The number of aliphatic hydroxyl groups is 1. The van der Waals surface area contributed by atoms with Crippen molar-refractivity contribution in [2.75, 3.05) is 0 Å². The first-order chi connectivity index (χ1) is 8.99. The van der Waals surface area contributed by atoms with Crippen molar-refractivity contribution in [1.29, 1.82) is 0 Å². The fourth-order valence-corrected chi connectivity index (χ4v) is 1.45. The zero-order valence-corrected chi connectivity index (χ0v) is 11.0. The molecular weight excluding hydrogens is 246 g/mol. The second kappa shape index (κ2) is 5.38. The highest BCUT2D eigenvalue weighted by atomic mass is 16.5. The van der Waals surface area contributed by atoms with E-state index in [9.17, 15) is 0 Å². The van der Waals surface area contributed by atoms with Gasteiger partial charge in [0.15, 0.2) is 12.4 Å². The summed E-state index contributed by atoms with van der Waals surface area (Å²) in [4.78, 5) is 4.16. The summed E-state index contributed by atoms with van der Waals surface area (Å²) < 4.78 is 10.6. The van der Waals surface area contributed by atoms with Crippen molar-refractivity contribution in [1.82, 2.24) is 10.1 Å². The van der Waals surface area contributed by atoms with E-state index < -0.39 is 5.54 Å². The SMILES string of the molecule is CC(C)(N)c1noc(COc2cccc(CO)c2)n1. The summed E-state index contributed by atoms with van der Waals surface area (Å²) >= 11 is 0. The predicted molar refractivity (Wildman–Crippen MR) is 68.2 cm³/mol. The predicted octanol–water partition coefficient (Wildman–Crippen LogP) is 1.33. The van der Waals surface area contributed by atoms with Gasteiger partial charge in [-0.05, 0) is 31.5 Å². The normalized spacial score (nSPS) is 11.6. The molecule has 1 heterocycles. The van der Waals surface area contributed by atoms with E-state index in [2.05, 4.69) is 10.1 Å². The van der Waals surface area contributed by atoms with Gasteiger partial charge in [-0.2, -0.15) is 4.98 Å². The highest BCUT2D eigenvalue weighted by Crippen LogP contribution is 2.16. The molecule has 0 amide bonds. The Balaban J connectivity index is 2.00. The topological polar surface area (TPSA) is 94.4 Å². The molecule has 6 heteroatoms. The lowest BCUT2D eigenvalue weighted by Gasteiger charge is -2.11. The van der Waals surface area contributed by atoms with E-state index in [-0.39, 0.29) is 13.2 Å². The van der Waals surface area contributed by atoms with E-state index in [0.717, 1.165) is 5.56 Å². The van der Waals surface area contributed by atoms with E-state index in [1.807, 2.05) is 12.1 Å². The molecule has 0 atom stereocenters. The molecule has 0 aliphatic rings. The second-order valence-corrected chi connectivity index (χ2v) is 4.83. The summed E-state index contributed by atoms with van der Waals surface area (Å²) in [6.07, 6.45) is 0. The summed E-state index contributed by atoms with van der Waals surface area (Å²) in [6.45, 7) is 3.74. The maximum Gasteiger partial charge on any atom is 0.264 e. The fraction of sp³-hybridized carbons (Fsp3) is 0.385. The quantitative estimate of drug-likeness (QED) is 0.845. The molecule has 102 valence electrons. The van der Waals surface area contributed by atoms with E-state index in [1.54, 1.807) is 26.0 Å². The lowest BCUT2D eigenvalue weighted by molar-refractivity contribution is 0.240. The lowest BCUT2D eigenvalue weighted by atomic mass is 10.1. The number of aliphatic hydroxyl groups excluding tert-OH is 1. The zero-order chi connectivity index (χ0) is 13.9. The number of hydrogen-bond acceptors (Lipinski definition) is 6. The first-order valence-corrected chi connectivity index (χ1v) is 5.93. The molecule has 0 bridgehead atoms. The molecule has 0 saturated carbocycles. The fourth-order valence-electron chi connectivity index (χ4n) is 1.45. The van der Waals surface area contributed by atoms with Gasteiger partial charge in [0.05, 0.1) is 12.1 Å². The Morgan fingerprint density at radius 2 is 2.21 bits per heavy atom. The van der Waals surface area contributed by atoms with Crippen molar-refractivity contribution < 1.29 is 14.4 Å². The Morgan fingerprint density at radius 1 is 1.42 bits per heavy atom. The van der Waals surface area contributed by atoms with E-state index in [0.29, 0.717) is 17.5 Å². The third-order valence-corrected chi connectivity index (χ3v) is 2.49. The zero-order valence-electron chi connectivity index (χ0n) is 11.0. The summed E-state index contributed by atoms with van der Waals surface area (Å²) in [5.74, 6) is 1.44. The Labute approximate surface area is 111 Å². The van der Waals surface area contributed by atoms with Crippen LogP contribution in [0.25, 0.3) is 0 Å². The van der Waals surface area contributed by atoms with Gasteiger partial charge in [0, 0.05) is 0 Å². The van der Waals surface area contributed by atoms with Gasteiger partial charge in [-0.3, -0.25) is 0 Å². The molecule has 19 heavy (non-hydrogen) atoms. The van der Waals surface area contributed by atoms with Gasteiger partial charge in [0.1, 0.15) is 5.75 Å². The molecule has 0 saturated heterocycles. The summed E-state index contributed by atoms with van der Waals surface area (Å²) in [7, 11) is 0. The second-order valence-electron chi connectivity index (χ2n) is 4.83. The van der Waals surface area contributed by atoms with Crippen molar-refractivity contribution in [3.05, 3.63) is 41.5 Å². The van der Waals surface area contributed by atoms with Crippen LogP contribution < -0.4 is 10.5 Å². The molecule has 1 aromatic heterocycles. The van der Waals surface area contributed by atoms with Crippen LogP contribution in [0, 0.1) is 0 Å². The number of hydrogen-bond donors (Lipinski definition) is 2. The van der Waals surface area contributed by atoms with Gasteiger partial charge < -0.3 is 20.1 Å². The standard InChI is InChI=1S/C13H17N3O3/c1-13(2,14)12-15-11(19-16-12)8-18-10-5-3-4-9(6-10)7-17/h3-6,17H,7-8,14H2,1-2H3. The van der Waals surface area contributed by atoms with Crippen LogP contribution in [0.2, 0.25) is 0 Å². The molecule has 0 fully saturated rings. The van der Waals surface area contributed by atoms with Crippen LogP contribution in [0.1, 0.15) is 31.1 Å². The third-order valence-electron chi connectivity index (χ3n) is 2.49. The van der Waals surface area contributed by atoms with E-state index in [1.165, 1.54) is 0 Å². The van der Waals surface area contributed by atoms with Gasteiger partial charge in [0.25, 0.3) is 5.89 Å². The van der Waals surface area contributed by atoms with Gasteiger partial charge >= 0.3 is 0 Å². The molecule has 0 aliphatic heterocycles. The molecular formula is C13H17N3O3. The number of nitrogens with zero attached hydrogens (tertiary/aromatic N) is 2. The molecule has 1 aromatic carbocycles. The van der Waals surface area contributed by atoms with Gasteiger partial charge in [-0.1, -0.05) is 17.3 Å². The van der Waals surface area contributed by atoms with Crippen LogP contribution in [0.3, 0.4) is 0 Å². The third kappa shape index (κ3) is 3.52. The van der Waals surface area contributed by atoms with Crippen LogP contribution in [-0.2, 0) is 18.8 Å². The van der Waals surface area contributed by atoms with Gasteiger partial charge in [-0.25, -0.2) is 0 Å². The summed E-state index contributed by atoms with van der Waals surface area (Å²) in [5.41, 5.74) is 6.01. The molecule has 0 spiro atoms. The maximum absolute atomic E-state index is 9.03. The molecule has 2 aromatic rings. The highest BCUT2D eigenvalue weighted by Gasteiger charge is 2.21. The number of nitrogens with two attached hydrogens (primary N) is 1. The smallest absolute Gasteiger partial charge is 0.264 e. The molecule has 2 rings (SSSR count). The number of benzene rings is 1. The molecule has 3 N–H and O–H groups in total. The minimum atomic E-state index is -0.640.